The fraction of sp³-hybridized carbons (Fsp3) is 0.333. The maximum absolute atomic E-state index is 5.44. The summed E-state index contributed by atoms with van der Waals surface area (Å²) < 4.78 is 7.33. The average Bonchev–Trinajstić information content (AvgIpc) is 3.42. The number of likely N-dealkylation sites (N-methyl/N-ethyl adjacent to an activating group) is 1. The lowest BCUT2D eigenvalue weighted by molar-refractivity contribution is 0.313. The molecule has 0 unspecified atom stereocenters. The molecule has 1 aliphatic heterocycles. The van der Waals surface area contributed by atoms with Crippen molar-refractivity contribution in [3.63, 3.8) is 0 Å². The molecule has 3 heterocycles. The lowest BCUT2D eigenvalue weighted by Crippen LogP contribution is -2.44. The minimum atomic E-state index is 0.397. The summed E-state index contributed by atoms with van der Waals surface area (Å²) in [7, 11) is 2.17. The Balaban J connectivity index is 1.33. The van der Waals surface area contributed by atoms with Gasteiger partial charge in [0.2, 0.25) is 11.6 Å². The molecule has 4 aromatic rings. The van der Waals surface area contributed by atoms with Crippen LogP contribution in [0.2, 0.25) is 0 Å². The van der Waals surface area contributed by atoms with Crippen molar-refractivity contribution >= 4 is 5.69 Å². The lowest BCUT2D eigenvalue weighted by Gasteiger charge is -2.34. The standard InChI is InChI=1S/C24H27N7O/c1-17-7-9-20(10-8-17)24-26-23(28-32-24)22-25-18(2)31(27-22)16-19-5-4-6-21(15-19)30-13-11-29(3)12-14-30/h4-10,15H,11-14,16H2,1-3H3. The van der Waals surface area contributed by atoms with Gasteiger partial charge in [0.1, 0.15) is 5.82 Å². The van der Waals surface area contributed by atoms with Crippen LogP contribution in [-0.4, -0.2) is 63.0 Å². The summed E-state index contributed by atoms with van der Waals surface area (Å²) in [6, 6.07) is 16.7. The number of piperazine rings is 1. The van der Waals surface area contributed by atoms with Gasteiger partial charge in [-0.3, -0.25) is 0 Å². The summed E-state index contributed by atoms with van der Waals surface area (Å²) in [5.41, 5.74) is 4.51. The first kappa shape index (κ1) is 20.4. The van der Waals surface area contributed by atoms with Crippen LogP contribution in [0.15, 0.2) is 53.1 Å². The molecule has 8 heteroatoms. The maximum Gasteiger partial charge on any atom is 0.258 e. The first-order chi connectivity index (χ1) is 15.5. The molecule has 1 fully saturated rings. The first-order valence-corrected chi connectivity index (χ1v) is 10.9. The molecule has 1 saturated heterocycles. The van der Waals surface area contributed by atoms with E-state index in [0.717, 1.165) is 37.6 Å². The number of nitrogens with zero attached hydrogens (tertiary/aromatic N) is 7. The van der Waals surface area contributed by atoms with Crippen molar-refractivity contribution in [2.45, 2.75) is 20.4 Å². The normalized spacial score (nSPS) is 14.8. The van der Waals surface area contributed by atoms with Gasteiger partial charge < -0.3 is 14.3 Å². The maximum atomic E-state index is 5.44. The van der Waals surface area contributed by atoms with Crippen LogP contribution in [0.4, 0.5) is 5.69 Å². The highest BCUT2D eigenvalue weighted by molar-refractivity contribution is 5.56. The molecule has 0 N–H and O–H groups in total. The second kappa shape index (κ2) is 8.55. The van der Waals surface area contributed by atoms with Gasteiger partial charge in [0.15, 0.2) is 0 Å². The summed E-state index contributed by atoms with van der Waals surface area (Å²) in [5.74, 6) is 2.15. The topological polar surface area (TPSA) is 76.1 Å². The third-order valence-electron chi connectivity index (χ3n) is 5.89. The van der Waals surface area contributed by atoms with Crippen molar-refractivity contribution in [3.8, 4) is 23.1 Å². The molecule has 5 rings (SSSR count). The highest BCUT2D eigenvalue weighted by atomic mass is 16.5. The largest absolute Gasteiger partial charge is 0.369 e. The molecule has 0 spiro atoms. The molecule has 8 nitrogen and oxygen atoms in total. The van der Waals surface area contributed by atoms with E-state index in [1.165, 1.54) is 16.8 Å². The van der Waals surface area contributed by atoms with Gasteiger partial charge in [0.25, 0.3) is 5.89 Å². The fourth-order valence-electron chi connectivity index (χ4n) is 3.88. The molecule has 1 aliphatic rings. The van der Waals surface area contributed by atoms with E-state index in [9.17, 15) is 0 Å². The van der Waals surface area contributed by atoms with E-state index in [-0.39, 0.29) is 0 Å². The van der Waals surface area contributed by atoms with Gasteiger partial charge >= 0.3 is 0 Å². The summed E-state index contributed by atoms with van der Waals surface area (Å²) in [5, 5.41) is 8.74. The number of anilines is 1. The van der Waals surface area contributed by atoms with Crippen LogP contribution in [0, 0.1) is 13.8 Å². The molecule has 2 aromatic carbocycles. The summed E-state index contributed by atoms with van der Waals surface area (Å²) >= 11 is 0. The number of hydrogen-bond donors (Lipinski definition) is 0. The third kappa shape index (κ3) is 4.27. The molecule has 32 heavy (non-hydrogen) atoms. The highest BCUT2D eigenvalue weighted by Crippen LogP contribution is 2.22. The van der Waals surface area contributed by atoms with E-state index in [0.29, 0.717) is 24.1 Å². The Hall–Kier alpha value is -3.52. The van der Waals surface area contributed by atoms with E-state index in [4.69, 9.17) is 4.52 Å². The zero-order valence-corrected chi connectivity index (χ0v) is 18.7. The summed E-state index contributed by atoms with van der Waals surface area (Å²) in [6.07, 6.45) is 0. The molecular weight excluding hydrogens is 402 g/mol. The van der Waals surface area contributed by atoms with Crippen LogP contribution >= 0.6 is 0 Å². The van der Waals surface area contributed by atoms with Crippen molar-refractivity contribution < 1.29 is 4.52 Å². The van der Waals surface area contributed by atoms with Crippen LogP contribution in [0.3, 0.4) is 0 Å². The monoisotopic (exact) mass is 429 g/mol. The van der Waals surface area contributed by atoms with Gasteiger partial charge in [-0.05, 0) is 50.7 Å². The van der Waals surface area contributed by atoms with Gasteiger partial charge in [-0.15, -0.1) is 5.10 Å². The van der Waals surface area contributed by atoms with Crippen molar-refractivity contribution in [1.29, 1.82) is 0 Å². The van der Waals surface area contributed by atoms with Gasteiger partial charge in [0, 0.05) is 37.4 Å². The molecular formula is C24H27N7O. The van der Waals surface area contributed by atoms with E-state index in [1.807, 2.05) is 42.8 Å². The minimum absolute atomic E-state index is 0.397. The first-order valence-electron chi connectivity index (χ1n) is 10.9. The van der Waals surface area contributed by atoms with Crippen LogP contribution < -0.4 is 4.90 Å². The average molecular weight is 430 g/mol. The van der Waals surface area contributed by atoms with Gasteiger partial charge in [0.05, 0.1) is 6.54 Å². The van der Waals surface area contributed by atoms with Crippen molar-refractivity contribution in [1.82, 2.24) is 29.8 Å². The van der Waals surface area contributed by atoms with Crippen LogP contribution in [-0.2, 0) is 6.54 Å². The van der Waals surface area contributed by atoms with Crippen LogP contribution in [0.25, 0.3) is 23.1 Å². The smallest absolute Gasteiger partial charge is 0.258 e. The quantitative estimate of drug-likeness (QED) is 0.481. The van der Waals surface area contributed by atoms with E-state index in [1.54, 1.807) is 0 Å². The molecule has 0 saturated carbocycles. The molecule has 0 radical (unpaired) electrons. The third-order valence-corrected chi connectivity index (χ3v) is 5.89. The minimum Gasteiger partial charge on any atom is -0.369 e. The van der Waals surface area contributed by atoms with Crippen molar-refractivity contribution in [2.75, 3.05) is 38.1 Å². The Labute approximate surface area is 187 Å². The lowest BCUT2D eigenvalue weighted by atomic mass is 10.1. The molecule has 164 valence electrons. The Morgan fingerprint density at radius 1 is 0.906 bits per heavy atom. The van der Waals surface area contributed by atoms with Crippen LogP contribution in [0.1, 0.15) is 17.0 Å². The Morgan fingerprint density at radius 2 is 1.69 bits per heavy atom. The predicted octanol–water partition coefficient (Wildman–Crippen LogP) is 3.41. The Kier molecular flexibility index (Phi) is 5.45. The van der Waals surface area contributed by atoms with E-state index in [2.05, 4.69) is 61.3 Å². The fourth-order valence-corrected chi connectivity index (χ4v) is 3.88. The number of aromatic nitrogens is 5. The second-order valence-corrected chi connectivity index (χ2v) is 8.39. The predicted molar refractivity (Wildman–Crippen MR) is 123 cm³/mol. The zero-order valence-electron chi connectivity index (χ0n) is 18.7. The Morgan fingerprint density at radius 3 is 2.47 bits per heavy atom. The Bertz CT molecular complexity index is 1200. The SMILES string of the molecule is Cc1ccc(-c2nc(-c3nc(C)n(Cc4cccc(N5CCN(C)CC5)c4)n3)no2)cc1. The number of hydrogen-bond acceptors (Lipinski definition) is 7. The number of benzene rings is 2. The molecule has 0 atom stereocenters. The number of rotatable bonds is 5. The van der Waals surface area contributed by atoms with E-state index < -0.39 is 0 Å². The summed E-state index contributed by atoms with van der Waals surface area (Å²) in [6.45, 7) is 8.91. The zero-order chi connectivity index (χ0) is 22.1. The van der Waals surface area contributed by atoms with Crippen LogP contribution in [0.5, 0.6) is 0 Å². The highest BCUT2D eigenvalue weighted by Gasteiger charge is 2.17. The summed E-state index contributed by atoms with van der Waals surface area (Å²) in [4.78, 5) is 13.9. The van der Waals surface area contributed by atoms with Gasteiger partial charge in [-0.1, -0.05) is 35.0 Å². The van der Waals surface area contributed by atoms with Gasteiger partial charge in [-0.25, -0.2) is 9.67 Å². The second-order valence-electron chi connectivity index (χ2n) is 8.39. The van der Waals surface area contributed by atoms with Crippen molar-refractivity contribution in [3.05, 3.63) is 65.5 Å². The van der Waals surface area contributed by atoms with Gasteiger partial charge in [-0.2, -0.15) is 4.98 Å². The molecule has 0 aliphatic carbocycles. The number of aryl methyl sites for hydroxylation is 2. The molecule has 0 amide bonds. The molecule has 2 aromatic heterocycles. The van der Waals surface area contributed by atoms with Crippen molar-refractivity contribution in [2.24, 2.45) is 0 Å². The van der Waals surface area contributed by atoms with E-state index >= 15 is 0 Å². The molecule has 0 bridgehead atoms.